The van der Waals surface area contributed by atoms with E-state index in [4.69, 9.17) is 14.2 Å². The summed E-state index contributed by atoms with van der Waals surface area (Å²) < 4.78 is 18.5. The van der Waals surface area contributed by atoms with Crippen molar-refractivity contribution in [2.75, 3.05) is 34.0 Å². The monoisotopic (exact) mass is 401 g/mol. The molecule has 0 spiro atoms. The molecule has 2 aliphatic heterocycles. The third-order valence-corrected chi connectivity index (χ3v) is 5.27. The maximum atomic E-state index is 11.8. The second kappa shape index (κ2) is 9.00. The van der Waals surface area contributed by atoms with E-state index in [1.165, 1.54) is 12.7 Å². The van der Waals surface area contributed by atoms with Crippen LogP contribution < -0.4 is 5.32 Å². The standard InChI is InChI=1S/C20H27N5O4/c1-24(8-14-6-4-3-5-7-14)9-15-10-25(23-22-15)17-12-29-19-16(11-28-20(17)19)21-18(26)13-27-2/h3-7,10,16-17,19-20H,8-9,11-13H2,1-2H3,(H,21,26)/t16-,17-,19+,20+/m0/s1. The summed E-state index contributed by atoms with van der Waals surface area (Å²) in [7, 11) is 3.56. The fourth-order valence-corrected chi connectivity index (χ4v) is 3.98. The van der Waals surface area contributed by atoms with Gasteiger partial charge in [0, 0.05) is 20.2 Å². The molecule has 0 aliphatic carbocycles. The van der Waals surface area contributed by atoms with Crippen molar-refractivity contribution in [3.05, 3.63) is 47.8 Å². The SMILES string of the molecule is COCC(=O)N[C@H]1CO[C@H]2[C@@H]1OC[C@@H]2n1cc(CN(C)Cc2ccccc2)nn1. The number of nitrogens with zero attached hydrogens (tertiary/aromatic N) is 4. The quantitative estimate of drug-likeness (QED) is 0.684. The van der Waals surface area contributed by atoms with Crippen LogP contribution in [-0.2, 0) is 32.1 Å². The van der Waals surface area contributed by atoms with Crippen LogP contribution in [-0.4, -0.2) is 78.0 Å². The van der Waals surface area contributed by atoms with Crippen molar-refractivity contribution in [1.29, 1.82) is 0 Å². The summed E-state index contributed by atoms with van der Waals surface area (Å²) in [5, 5.41) is 11.5. The summed E-state index contributed by atoms with van der Waals surface area (Å²) in [5.74, 6) is -0.168. The van der Waals surface area contributed by atoms with Crippen LogP contribution in [0.5, 0.6) is 0 Å². The highest BCUT2D eigenvalue weighted by Gasteiger charge is 2.49. The molecule has 0 bridgehead atoms. The second-order valence-electron chi connectivity index (χ2n) is 7.62. The van der Waals surface area contributed by atoms with E-state index in [0.717, 1.165) is 12.2 Å². The summed E-state index contributed by atoms with van der Waals surface area (Å²) in [6.45, 7) is 2.47. The van der Waals surface area contributed by atoms with E-state index in [9.17, 15) is 4.79 Å². The van der Waals surface area contributed by atoms with Gasteiger partial charge in [-0.3, -0.25) is 9.69 Å². The number of benzene rings is 1. The first-order valence-corrected chi connectivity index (χ1v) is 9.78. The Morgan fingerprint density at radius 2 is 2.03 bits per heavy atom. The highest BCUT2D eigenvalue weighted by molar-refractivity contribution is 5.77. The van der Waals surface area contributed by atoms with Gasteiger partial charge in [-0.25, -0.2) is 4.68 Å². The van der Waals surface area contributed by atoms with Gasteiger partial charge in [-0.1, -0.05) is 35.5 Å². The molecule has 2 fully saturated rings. The Hall–Kier alpha value is -2.33. The van der Waals surface area contributed by atoms with Crippen LogP contribution in [0.15, 0.2) is 36.5 Å². The Morgan fingerprint density at radius 3 is 2.83 bits per heavy atom. The van der Waals surface area contributed by atoms with Crippen LogP contribution in [0.25, 0.3) is 0 Å². The number of hydrogen-bond donors (Lipinski definition) is 1. The van der Waals surface area contributed by atoms with Gasteiger partial charge in [0.2, 0.25) is 5.91 Å². The smallest absolute Gasteiger partial charge is 0.246 e. The van der Waals surface area contributed by atoms with Crippen molar-refractivity contribution < 1.29 is 19.0 Å². The van der Waals surface area contributed by atoms with E-state index < -0.39 is 0 Å². The molecular weight excluding hydrogens is 374 g/mol. The number of carbonyl (C=O) groups excluding carboxylic acids is 1. The minimum Gasteiger partial charge on any atom is -0.375 e. The number of rotatable bonds is 8. The average Bonchev–Trinajstić information content (AvgIpc) is 3.40. The van der Waals surface area contributed by atoms with Crippen LogP contribution in [0.4, 0.5) is 0 Å². The third-order valence-electron chi connectivity index (χ3n) is 5.27. The Balaban J connectivity index is 1.33. The maximum absolute atomic E-state index is 11.8. The Kier molecular flexibility index (Phi) is 6.19. The number of nitrogens with one attached hydrogen (secondary N) is 1. The van der Waals surface area contributed by atoms with E-state index >= 15 is 0 Å². The number of carbonyl (C=O) groups is 1. The number of fused-ring (bicyclic) bond motifs is 1. The molecule has 4 atom stereocenters. The van der Waals surface area contributed by atoms with Gasteiger partial charge >= 0.3 is 0 Å². The summed E-state index contributed by atoms with van der Waals surface area (Å²) in [6.07, 6.45) is 1.62. The van der Waals surface area contributed by atoms with Gasteiger partial charge < -0.3 is 19.5 Å². The zero-order valence-electron chi connectivity index (χ0n) is 16.7. The molecule has 1 amide bonds. The lowest BCUT2D eigenvalue weighted by molar-refractivity contribution is -0.126. The number of amides is 1. The first-order chi connectivity index (χ1) is 14.1. The molecule has 29 heavy (non-hydrogen) atoms. The fourth-order valence-electron chi connectivity index (χ4n) is 3.98. The minimum absolute atomic E-state index is 0.0280. The molecule has 9 heteroatoms. The number of aromatic nitrogens is 3. The van der Waals surface area contributed by atoms with Crippen molar-refractivity contribution in [1.82, 2.24) is 25.2 Å². The molecular formula is C20H27N5O4. The highest BCUT2D eigenvalue weighted by Crippen LogP contribution is 2.33. The average molecular weight is 401 g/mol. The molecule has 0 saturated carbocycles. The molecule has 0 radical (unpaired) electrons. The molecule has 2 aromatic rings. The molecule has 2 aliphatic rings. The van der Waals surface area contributed by atoms with Crippen LogP contribution in [0.3, 0.4) is 0 Å². The topological polar surface area (TPSA) is 90.7 Å². The van der Waals surface area contributed by atoms with Crippen LogP contribution >= 0.6 is 0 Å². The molecule has 3 heterocycles. The van der Waals surface area contributed by atoms with Gasteiger partial charge in [0.1, 0.15) is 24.9 Å². The zero-order valence-corrected chi connectivity index (χ0v) is 16.7. The predicted octanol–water partition coefficient (Wildman–Crippen LogP) is 0.380. The van der Waals surface area contributed by atoms with E-state index in [2.05, 4.69) is 39.7 Å². The number of hydrogen-bond acceptors (Lipinski definition) is 7. The summed E-state index contributed by atoms with van der Waals surface area (Å²) in [5.41, 5.74) is 2.16. The van der Waals surface area contributed by atoms with Crippen molar-refractivity contribution in [3.63, 3.8) is 0 Å². The number of methoxy groups -OCH3 is 1. The van der Waals surface area contributed by atoms with Crippen molar-refractivity contribution in [3.8, 4) is 0 Å². The molecule has 156 valence electrons. The number of ether oxygens (including phenoxy) is 3. The van der Waals surface area contributed by atoms with Crippen LogP contribution in [0, 0.1) is 0 Å². The first kappa shape index (κ1) is 20.0. The van der Waals surface area contributed by atoms with Gasteiger partial charge in [-0.05, 0) is 12.6 Å². The highest BCUT2D eigenvalue weighted by atomic mass is 16.6. The lowest BCUT2D eigenvalue weighted by Gasteiger charge is -2.17. The summed E-state index contributed by atoms with van der Waals surface area (Å²) >= 11 is 0. The van der Waals surface area contributed by atoms with Gasteiger partial charge in [-0.15, -0.1) is 5.10 Å². The Labute approximate surface area is 169 Å². The van der Waals surface area contributed by atoms with Crippen molar-refractivity contribution in [2.24, 2.45) is 0 Å². The Morgan fingerprint density at radius 1 is 1.24 bits per heavy atom. The lowest BCUT2D eigenvalue weighted by atomic mass is 10.1. The van der Waals surface area contributed by atoms with E-state index in [0.29, 0.717) is 19.8 Å². The molecule has 9 nitrogen and oxygen atoms in total. The molecule has 0 unspecified atom stereocenters. The fraction of sp³-hybridized carbons (Fsp3) is 0.550. The van der Waals surface area contributed by atoms with E-state index in [1.54, 1.807) is 0 Å². The van der Waals surface area contributed by atoms with Crippen molar-refractivity contribution >= 4 is 5.91 Å². The third kappa shape index (κ3) is 4.64. The molecule has 4 rings (SSSR count). The predicted molar refractivity (Wildman–Crippen MR) is 104 cm³/mol. The Bertz CT molecular complexity index is 814. The molecule has 2 saturated heterocycles. The zero-order chi connectivity index (χ0) is 20.2. The first-order valence-electron chi connectivity index (χ1n) is 9.78. The summed E-state index contributed by atoms with van der Waals surface area (Å²) in [4.78, 5) is 14.0. The summed E-state index contributed by atoms with van der Waals surface area (Å²) in [6, 6.07) is 10.1. The van der Waals surface area contributed by atoms with Crippen molar-refractivity contribution in [2.45, 2.75) is 37.4 Å². The van der Waals surface area contributed by atoms with Gasteiger partial charge in [0.25, 0.3) is 0 Å². The van der Waals surface area contributed by atoms with Gasteiger partial charge in [-0.2, -0.15) is 0 Å². The molecule has 1 aromatic heterocycles. The van der Waals surface area contributed by atoms with E-state index in [-0.39, 0.29) is 36.8 Å². The maximum Gasteiger partial charge on any atom is 0.246 e. The molecule has 1 aromatic carbocycles. The van der Waals surface area contributed by atoms with Gasteiger partial charge in [0.05, 0.1) is 31.1 Å². The second-order valence-corrected chi connectivity index (χ2v) is 7.62. The molecule has 1 N–H and O–H groups in total. The lowest BCUT2D eigenvalue weighted by Crippen LogP contribution is -2.45. The minimum atomic E-state index is -0.186. The van der Waals surface area contributed by atoms with Crippen LogP contribution in [0.1, 0.15) is 17.3 Å². The largest absolute Gasteiger partial charge is 0.375 e. The van der Waals surface area contributed by atoms with Gasteiger partial charge in [0.15, 0.2) is 0 Å². The normalized spacial score (nSPS) is 26.0. The van der Waals surface area contributed by atoms with E-state index in [1.807, 2.05) is 29.1 Å². The van der Waals surface area contributed by atoms with Crippen LogP contribution in [0.2, 0.25) is 0 Å².